The van der Waals surface area contributed by atoms with Crippen LogP contribution in [0.5, 0.6) is 5.75 Å². The number of amides is 1. The summed E-state index contributed by atoms with van der Waals surface area (Å²) in [7, 11) is 0. The van der Waals surface area contributed by atoms with E-state index in [1.165, 1.54) is 0 Å². The Labute approximate surface area is 179 Å². The summed E-state index contributed by atoms with van der Waals surface area (Å²) in [4.78, 5) is 12.0. The van der Waals surface area contributed by atoms with Crippen molar-refractivity contribution in [2.24, 2.45) is 0 Å². The molecule has 2 aromatic heterocycles. The van der Waals surface area contributed by atoms with Crippen molar-refractivity contribution < 1.29 is 22.7 Å². The van der Waals surface area contributed by atoms with Crippen LogP contribution in [0.25, 0.3) is 5.65 Å². The summed E-state index contributed by atoms with van der Waals surface area (Å²) in [5.41, 5.74) is 0.0465. The average Bonchev–Trinajstić information content (AvgIpc) is 3.08. The number of halogens is 5. The van der Waals surface area contributed by atoms with Gasteiger partial charge in [0.15, 0.2) is 11.5 Å². The van der Waals surface area contributed by atoms with Gasteiger partial charge in [-0.3, -0.25) is 9.20 Å². The van der Waals surface area contributed by atoms with E-state index in [1.54, 1.807) is 18.2 Å². The van der Waals surface area contributed by atoms with Gasteiger partial charge in [0, 0.05) is 17.6 Å². The van der Waals surface area contributed by atoms with Crippen molar-refractivity contribution in [3.05, 3.63) is 57.5 Å². The number of fused-ring (bicyclic) bond motifs is 1. The fraction of sp³-hybridized carbons (Fsp3) is 0.316. The number of aromatic nitrogens is 3. The molecule has 0 saturated heterocycles. The van der Waals surface area contributed by atoms with Gasteiger partial charge in [0.1, 0.15) is 5.75 Å². The zero-order valence-corrected chi connectivity index (χ0v) is 17.3. The third-order valence-corrected chi connectivity index (χ3v) is 4.76. The summed E-state index contributed by atoms with van der Waals surface area (Å²) in [6, 6.07) is 6.05. The fourth-order valence-corrected chi connectivity index (χ4v) is 3.20. The molecule has 1 amide bonds. The molecule has 0 aliphatic carbocycles. The second kappa shape index (κ2) is 9.09. The average molecular weight is 461 g/mol. The Morgan fingerprint density at radius 1 is 1.23 bits per heavy atom. The van der Waals surface area contributed by atoms with E-state index >= 15 is 0 Å². The number of rotatable bonds is 7. The number of aryl methyl sites for hydroxylation is 1. The van der Waals surface area contributed by atoms with Crippen LogP contribution in [0.3, 0.4) is 0 Å². The Balaban J connectivity index is 1.53. The molecule has 0 atom stereocenters. The molecule has 0 unspecified atom stereocenters. The van der Waals surface area contributed by atoms with Crippen molar-refractivity contribution in [3.63, 3.8) is 0 Å². The zero-order chi connectivity index (χ0) is 21.9. The molecular formula is C19H17Cl2F3N4O2. The lowest BCUT2D eigenvalue weighted by Gasteiger charge is -2.10. The minimum Gasteiger partial charge on any atom is -0.493 e. The van der Waals surface area contributed by atoms with Crippen LogP contribution < -0.4 is 10.1 Å². The van der Waals surface area contributed by atoms with Gasteiger partial charge in [-0.05, 0) is 43.2 Å². The van der Waals surface area contributed by atoms with Gasteiger partial charge >= 0.3 is 6.18 Å². The van der Waals surface area contributed by atoms with E-state index in [2.05, 4.69) is 15.5 Å². The van der Waals surface area contributed by atoms with Crippen LogP contribution in [0.4, 0.5) is 13.2 Å². The predicted molar refractivity (Wildman–Crippen MR) is 106 cm³/mol. The van der Waals surface area contributed by atoms with Gasteiger partial charge in [0.2, 0.25) is 5.91 Å². The SMILES string of the molecule is Cc1cc(Cl)ccc1OCCCC(=O)NCc1nnc2c(Cl)cc(C(F)(F)F)cn12. The van der Waals surface area contributed by atoms with Gasteiger partial charge in [-0.2, -0.15) is 13.2 Å². The Morgan fingerprint density at radius 2 is 2.00 bits per heavy atom. The van der Waals surface area contributed by atoms with Crippen LogP contribution in [0.15, 0.2) is 30.5 Å². The lowest BCUT2D eigenvalue weighted by molar-refractivity contribution is -0.137. The second-order valence-electron chi connectivity index (χ2n) is 6.52. The van der Waals surface area contributed by atoms with Crippen molar-refractivity contribution in [2.75, 3.05) is 6.61 Å². The van der Waals surface area contributed by atoms with Gasteiger partial charge in [-0.15, -0.1) is 10.2 Å². The number of carbonyl (C=O) groups excluding carboxylic acids is 1. The Bertz CT molecular complexity index is 1070. The number of alkyl halides is 3. The second-order valence-corrected chi connectivity index (χ2v) is 7.37. The summed E-state index contributed by atoms with van der Waals surface area (Å²) in [5, 5.41) is 10.6. The monoisotopic (exact) mass is 460 g/mol. The molecule has 0 aliphatic heterocycles. The van der Waals surface area contributed by atoms with Crippen LogP contribution in [-0.4, -0.2) is 27.1 Å². The quantitative estimate of drug-likeness (QED) is 0.512. The van der Waals surface area contributed by atoms with Gasteiger partial charge in [0.25, 0.3) is 0 Å². The minimum atomic E-state index is -4.56. The minimum absolute atomic E-state index is 0.0839. The Morgan fingerprint density at radius 3 is 2.70 bits per heavy atom. The fourth-order valence-electron chi connectivity index (χ4n) is 2.73. The van der Waals surface area contributed by atoms with E-state index in [1.807, 2.05) is 6.92 Å². The van der Waals surface area contributed by atoms with E-state index in [4.69, 9.17) is 27.9 Å². The zero-order valence-electron chi connectivity index (χ0n) is 15.8. The molecule has 1 N–H and O–H groups in total. The third kappa shape index (κ3) is 5.34. The first-order valence-electron chi connectivity index (χ1n) is 8.91. The van der Waals surface area contributed by atoms with Crippen LogP contribution >= 0.6 is 23.2 Å². The van der Waals surface area contributed by atoms with Crippen molar-refractivity contribution in [1.82, 2.24) is 19.9 Å². The molecule has 3 rings (SSSR count). The molecule has 11 heteroatoms. The highest BCUT2D eigenvalue weighted by atomic mass is 35.5. The number of pyridine rings is 1. The van der Waals surface area contributed by atoms with Crippen molar-refractivity contribution in [2.45, 2.75) is 32.5 Å². The molecule has 0 bridgehead atoms. The van der Waals surface area contributed by atoms with E-state index in [0.717, 1.165) is 22.2 Å². The molecule has 6 nitrogen and oxygen atoms in total. The van der Waals surface area contributed by atoms with E-state index in [9.17, 15) is 18.0 Å². The molecule has 0 radical (unpaired) electrons. The summed E-state index contributed by atoms with van der Waals surface area (Å²) in [6.45, 7) is 2.11. The summed E-state index contributed by atoms with van der Waals surface area (Å²) >= 11 is 11.8. The lowest BCUT2D eigenvalue weighted by atomic mass is 10.2. The topological polar surface area (TPSA) is 68.5 Å². The normalized spacial score (nSPS) is 11.7. The Hall–Kier alpha value is -2.52. The molecule has 3 aromatic rings. The molecule has 2 heterocycles. The standard InChI is InChI=1S/C19H17Cl2F3N4O2/c1-11-7-13(20)4-5-15(11)30-6-2-3-17(29)25-9-16-26-27-18-14(21)8-12(10-28(16)18)19(22,23)24/h4-5,7-8,10H,2-3,6,9H2,1H3,(H,25,29). The molecule has 0 fully saturated rings. The lowest BCUT2D eigenvalue weighted by Crippen LogP contribution is -2.24. The Kier molecular flexibility index (Phi) is 6.72. The van der Waals surface area contributed by atoms with E-state index in [-0.39, 0.29) is 35.4 Å². The highest BCUT2D eigenvalue weighted by Crippen LogP contribution is 2.32. The maximum Gasteiger partial charge on any atom is 0.417 e. The summed E-state index contributed by atoms with van der Waals surface area (Å²) < 4.78 is 45.7. The first-order valence-corrected chi connectivity index (χ1v) is 9.67. The number of nitrogens with zero attached hydrogens (tertiary/aromatic N) is 3. The third-order valence-electron chi connectivity index (χ3n) is 4.24. The molecule has 30 heavy (non-hydrogen) atoms. The van der Waals surface area contributed by atoms with E-state index < -0.39 is 11.7 Å². The van der Waals surface area contributed by atoms with Crippen LogP contribution in [-0.2, 0) is 17.5 Å². The summed E-state index contributed by atoms with van der Waals surface area (Å²) in [6.07, 6.45) is -3.08. The number of hydrogen-bond donors (Lipinski definition) is 1. The maximum absolute atomic E-state index is 13.0. The number of nitrogens with one attached hydrogen (secondary N) is 1. The predicted octanol–water partition coefficient (Wildman–Crippen LogP) is 4.84. The number of hydrogen-bond acceptors (Lipinski definition) is 4. The van der Waals surface area contributed by atoms with Crippen LogP contribution in [0, 0.1) is 6.92 Å². The highest BCUT2D eigenvalue weighted by Gasteiger charge is 2.32. The number of ether oxygens (including phenoxy) is 1. The number of benzene rings is 1. The molecule has 0 saturated carbocycles. The van der Waals surface area contributed by atoms with Gasteiger partial charge in [-0.1, -0.05) is 23.2 Å². The van der Waals surface area contributed by atoms with Crippen LogP contribution in [0.1, 0.15) is 29.8 Å². The molecule has 1 aromatic carbocycles. The van der Waals surface area contributed by atoms with Crippen molar-refractivity contribution >= 4 is 34.8 Å². The number of carbonyl (C=O) groups is 1. The molecule has 160 valence electrons. The molecule has 0 aliphatic rings. The molecular weight excluding hydrogens is 444 g/mol. The first-order chi connectivity index (χ1) is 14.1. The van der Waals surface area contributed by atoms with E-state index in [0.29, 0.717) is 23.8 Å². The van der Waals surface area contributed by atoms with Gasteiger partial charge in [0.05, 0.1) is 23.7 Å². The van der Waals surface area contributed by atoms with Crippen molar-refractivity contribution in [1.29, 1.82) is 0 Å². The summed E-state index contributed by atoms with van der Waals surface area (Å²) in [5.74, 6) is 0.535. The molecule has 0 spiro atoms. The first kappa shape index (κ1) is 22.2. The van der Waals surface area contributed by atoms with Crippen molar-refractivity contribution in [3.8, 4) is 5.75 Å². The largest absolute Gasteiger partial charge is 0.493 e. The van der Waals surface area contributed by atoms with Gasteiger partial charge < -0.3 is 10.1 Å². The smallest absolute Gasteiger partial charge is 0.417 e. The van der Waals surface area contributed by atoms with Gasteiger partial charge in [-0.25, -0.2) is 0 Å². The highest BCUT2D eigenvalue weighted by molar-refractivity contribution is 6.33. The maximum atomic E-state index is 13.0. The van der Waals surface area contributed by atoms with Crippen LogP contribution in [0.2, 0.25) is 10.0 Å².